The van der Waals surface area contributed by atoms with Gasteiger partial charge in [0, 0.05) is 24.7 Å². The topological polar surface area (TPSA) is 58.8 Å². The fourth-order valence-electron chi connectivity index (χ4n) is 2.08. The molecule has 20 heavy (non-hydrogen) atoms. The van der Waals surface area contributed by atoms with Gasteiger partial charge in [-0.2, -0.15) is 4.98 Å². The summed E-state index contributed by atoms with van der Waals surface area (Å²) < 4.78 is 7.34. The number of benzene rings is 1. The summed E-state index contributed by atoms with van der Waals surface area (Å²) in [6, 6.07) is 7.17. The first kappa shape index (κ1) is 13.0. The minimum absolute atomic E-state index is 0.284. The Hall–Kier alpha value is -2.05. The van der Waals surface area contributed by atoms with Crippen LogP contribution in [-0.4, -0.2) is 21.6 Å². The fourth-order valence-corrected chi connectivity index (χ4v) is 2.80. The number of fused-ring (bicyclic) bond motifs is 1. The van der Waals surface area contributed by atoms with Crippen LogP contribution in [-0.2, 0) is 13.1 Å². The van der Waals surface area contributed by atoms with Crippen LogP contribution in [0.25, 0.3) is 4.96 Å². The number of nitrogens with one attached hydrogen (secondary N) is 1. The lowest BCUT2D eigenvalue weighted by molar-refractivity contribution is 0.393. The third-order valence-electron chi connectivity index (χ3n) is 3.08. The molecule has 2 heterocycles. The first-order valence-corrected chi connectivity index (χ1v) is 7.13. The van der Waals surface area contributed by atoms with Gasteiger partial charge < -0.3 is 15.2 Å². The maximum atomic E-state index is 9.25. The normalized spacial score (nSPS) is 11.1. The number of nitrogens with zero attached hydrogens (tertiary/aromatic N) is 2. The molecule has 0 aliphatic rings. The number of rotatable bonds is 5. The summed E-state index contributed by atoms with van der Waals surface area (Å²) >= 11 is 1.59. The quantitative estimate of drug-likeness (QED) is 0.757. The van der Waals surface area contributed by atoms with Crippen LogP contribution in [0, 0.1) is 0 Å². The molecule has 0 spiro atoms. The number of hydrogen-bond acceptors (Lipinski definition) is 5. The van der Waals surface area contributed by atoms with E-state index in [9.17, 15) is 5.11 Å². The van der Waals surface area contributed by atoms with Gasteiger partial charge in [-0.1, -0.05) is 12.1 Å². The molecule has 0 aliphatic heterocycles. The van der Waals surface area contributed by atoms with Crippen molar-refractivity contribution in [3.05, 3.63) is 47.1 Å². The van der Waals surface area contributed by atoms with Crippen molar-refractivity contribution in [2.24, 2.45) is 0 Å². The molecule has 1 aromatic carbocycles. The van der Waals surface area contributed by atoms with Crippen molar-refractivity contribution < 1.29 is 9.84 Å². The van der Waals surface area contributed by atoms with E-state index in [4.69, 9.17) is 4.74 Å². The Kier molecular flexibility index (Phi) is 3.58. The average molecular weight is 289 g/mol. The van der Waals surface area contributed by atoms with Gasteiger partial charge in [0.25, 0.3) is 0 Å². The van der Waals surface area contributed by atoms with Crippen molar-refractivity contribution in [1.82, 2.24) is 14.7 Å². The summed E-state index contributed by atoms with van der Waals surface area (Å²) in [5, 5.41) is 14.6. The lowest BCUT2D eigenvalue weighted by atomic mass is 10.2. The summed E-state index contributed by atoms with van der Waals surface area (Å²) in [5.41, 5.74) is 2.13. The summed E-state index contributed by atoms with van der Waals surface area (Å²) in [4.78, 5) is 5.35. The van der Waals surface area contributed by atoms with Crippen LogP contribution < -0.4 is 10.1 Å². The standard InChI is InChI=1S/C14H15N3O2S/c1-19-13-12(17-6-7-20-14(17)16-13)9-15-8-10-2-4-11(18)5-3-10/h2-7,15,18H,8-9H2,1H3. The van der Waals surface area contributed by atoms with Crippen LogP contribution in [0.5, 0.6) is 11.6 Å². The van der Waals surface area contributed by atoms with Gasteiger partial charge in [0.05, 0.1) is 7.11 Å². The SMILES string of the molecule is COc1nc2sccn2c1CNCc1ccc(O)cc1. The van der Waals surface area contributed by atoms with Gasteiger partial charge in [0.1, 0.15) is 11.4 Å². The minimum atomic E-state index is 0.284. The fraction of sp³-hybridized carbons (Fsp3) is 0.214. The monoisotopic (exact) mass is 289 g/mol. The van der Waals surface area contributed by atoms with E-state index in [1.807, 2.05) is 28.1 Å². The summed E-state index contributed by atoms with van der Waals surface area (Å²) in [6.07, 6.45) is 1.99. The van der Waals surface area contributed by atoms with E-state index in [0.717, 1.165) is 22.8 Å². The second-order valence-electron chi connectivity index (χ2n) is 4.39. The van der Waals surface area contributed by atoms with Gasteiger partial charge in [-0.25, -0.2) is 0 Å². The second-order valence-corrected chi connectivity index (χ2v) is 5.27. The number of hydrogen-bond donors (Lipinski definition) is 2. The highest BCUT2D eigenvalue weighted by Gasteiger charge is 2.12. The Balaban J connectivity index is 1.70. The molecule has 0 atom stereocenters. The van der Waals surface area contributed by atoms with Crippen molar-refractivity contribution in [2.75, 3.05) is 7.11 Å². The molecule has 2 N–H and O–H groups in total. The number of phenols is 1. The van der Waals surface area contributed by atoms with E-state index in [-0.39, 0.29) is 5.75 Å². The number of phenolic OH excluding ortho intramolecular Hbond substituents is 1. The van der Waals surface area contributed by atoms with Gasteiger partial charge in [-0.15, -0.1) is 11.3 Å². The van der Waals surface area contributed by atoms with E-state index >= 15 is 0 Å². The zero-order chi connectivity index (χ0) is 13.9. The molecule has 0 bridgehead atoms. The van der Waals surface area contributed by atoms with E-state index in [1.165, 1.54) is 0 Å². The molecule has 6 heteroatoms. The third kappa shape index (κ3) is 2.48. The zero-order valence-corrected chi connectivity index (χ0v) is 11.9. The van der Waals surface area contributed by atoms with Crippen molar-refractivity contribution in [3.63, 3.8) is 0 Å². The Morgan fingerprint density at radius 2 is 2.10 bits per heavy atom. The van der Waals surface area contributed by atoms with Crippen molar-refractivity contribution in [3.8, 4) is 11.6 Å². The van der Waals surface area contributed by atoms with Gasteiger partial charge in [0.2, 0.25) is 5.88 Å². The Bertz CT molecular complexity index is 703. The smallest absolute Gasteiger partial charge is 0.237 e. The number of thiazole rings is 1. The molecule has 104 valence electrons. The number of imidazole rings is 1. The molecule has 0 saturated heterocycles. The molecule has 5 nitrogen and oxygen atoms in total. The molecule has 3 rings (SSSR count). The lowest BCUT2D eigenvalue weighted by Crippen LogP contribution is -2.14. The van der Waals surface area contributed by atoms with Crippen LogP contribution in [0.4, 0.5) is 0 Å². The maximum absolute atomic E-state index is 9.25. The molecule has 0 amide bonds. The summed E-state index contributed by atoms with van der Waals surface area (Å²) in [7, 11) is 1.63. The lowest BCUT2D eigenvalue weighted by Gasteiger charge is -2.06. The van der Waals surface area contributed by atoms with Crippen LogP contribution >= 0.6 is 11.3 Å². The van der Waals surface area contributed by atoms with Crippen molar-refractivity contribution in [2.45, 2.75) is 13.1 Å². The Morgan fingerprint density at radius 3 is 2.85 bits per heavy atom. The van der Waals surface area contributed by atoms with Gasteiger partial charge in [0.15, 0.2) is 4.96 Å². The van der Waals surface area contributed by atoms with Crippen molar-refractivity contribution >= 4 is 16.3 Å². The zero-order valence-electron chi connectivity index (χ0n) is 11.0. The van der Waals surface area contributed by atoms with E-state index in [0.29, 0.717) is 12.4 Å². The number of aromatic nitrogens is 2. The largest absolute Gasteiger partial charge is 0.508 e. The van der Waals surface area contributed by atoms with Gasteiger partial charge in [-0.3, -0.25) is 4.40 Å². The van der Waals surface area contributed by atoms with Gasteiger partial charge in [-0.05, 0) is 17.7 Å². The maximum Gasteiger partial charge on any atom is 0.237 e. The van der Waals surface area contributed by atoms with Crippen LogP contribution in [0.2, 0.25) is 0 Å². The number of methoxy groups -OCH3 is 1. The van der Waals surface area contributed by atoms with Gasteiger partial charge >= 0.3 is 0 Å². The number of aromatic hydroxyl groups is 1. The van der Waals surface area contributed by atoms with E-state index < -0.39 is 0 Å². The molecular formula is C14H15N3O2S. The number of ether oxygens (including phenoxy) is 1. The van der Waals surface area contributed by atoms with Crippen LogP contribution in [0.3, 0.4) is 0 Å². The molecule has 0 fully saturated rings. The average Bonchev–Trinajstić information content (AvgIpc) is 3.02. The first-order valence-electron chi connectivity index (χ1n) is 6.25. The molecule has 3 aromatic rings. The third-order valence-corrected chi connectivity index (χ3v) is 3.83. The highest BCUT2D eigenvalue weighted by Crippen LogP contribution is 2.22. The van der Waals surface area contributed by atoms with E-state index in [2.05, 4.69) is 10.3 Å². The predicted molar refractivity (Wildman–Crippen MR) is 78.3 cm³/mol. The Labute approximate surface area is 120 Å². The minimum Gasteiger partial charge on any atom is -0.508 e. The van der Waals surface area contributed by atoms with E-state index in [1.54, 1.807) is 30.6 Å². The predicted octanol–water partition coefficient (Wildman–Crippen LogP) is 2.40. The molecule has 2 aromatic heterocycles. The molecule has 0 unspecified atom stereocenters. The first-order chi connectivity index (χ1) is 9.78. The highest BCUT2D eigenvalue weighted by atomic mass is 32.1. The highest BCUT2D eigenvalue weighted by molar-refractivity contribution is 7.15. The molecule has 0 radical (unpaired) electrons. The summed E-state index contributed by atoms with van der Waals surface area (Å²) in [5.74, 6) is 0.946. The second kappa shape index (κ2) is 5.52. The van der Waals surface area contributed by atoms with Crippen LogP contribution in [0.1, 0.15) is 11.3 Å². The Morgan fingerprint density at radius 1 is 1.30 bits per heavy atom. The molecular weight excluding hydrogens is 274 g/mol. The summed E-state index contributed by atoms with van der Waals surface area (Å²) in [6.45, 7) is 1.39. The van der Waals surface area contributed by atoms with Crippen molar-refractivity contribution in [1.29, 1.82) is 0 Å². The molecule has 0 aliphatic carbocycles. The molecule has 0 saturated carbocycles. The van der Waals surface area contributed by atoms with Crippen LogP contribution in [0.15, 0.2) is 35.8 Å².